The molecule has 0 radical (unpaired) electrons. The Hall–Kier alpha value is -1.06. The van der Waals surface area contributed by atoms with E-state index in [0.29, 0.717) is 24.7 Å². The Labute approximate surface area is 142 Å². The first-order valence-electron chi connectivity index (χ1n) is 9.09. The van der Waals surface area contributed by atoms with Crippen molar-refractivity contribution < 1.29 is 19.1 Å². The highest BCUT2D eigenvalue weighted by molar-refractivity contribution is 5.70. The molecule has 0 fully saturated rings. The molecule has 23 heavy (non-hydrogen) atoms. The number of rotatable bonds is 12. The average Bonchev–Trinajstić information content (AvgIpc) is 2.35. The molecule has 0 aromatic rings. The van der Waals surface area contributed by atoms with Crippen LogP contribution in [0.2, 0.25) is 0 Å². The molecule has 136 valence electrons. The van der Waals surface area contributed by atoms with Gasteiger partial charge in [0, 0.05) is 12.8 Å². The van der Waals surface area contributed by atoms with Crippen LogP contribution in [-0.2, 0) is 19.1 Å². The summed E-state index contributed by atoms with van der Waals surface area (Å²) >= 11 is 0. The van der Waals surface area contributed by atoms with Crippen molar-refractivity contribution in [2.45, 2.75) is 98.7 Å². The Morgan fingerprint density at radius 3 is 1.30 bits per heavy atom. The van der Waals surface area contributed by atoms with Gasteiger partial charge in [-0.3, -0.25) is 9.59 Å². The fourth-order valence-corrected chi connectivity index (χ4v) is 2.71. The fraction of sp³-hybridized carbons (Fsp3) is 0.895. The van der Waals surface area contributed by atoms with Crippen molar-refractivity contribution in [3.63, 3.8) is 0 Å². The number of esters is 2. The standard InChI is InChI=1S/C19H36O4/c1-14(2)12-16(5)22-18(20)10-8-7-9-11-19(21)23-17(6)13-15(3)4/h14-17H,7-13H2,1-6H3. The second kappa shape index (κ2) is 12.4. The second-order valence-electron chi connectivity index (χ2n) is 7.42. The van der Waals surface area contributed by atoms with Crippen LogP contribution in [0.1, 0.15) is 86.5 Å². The largest absolute Gasteiger partial charge is 0.463 e. The lowest BCUT2D eigenvalue weighted by Gasteiger charge is -2.15. The maximum atomic E-state index is 11.7. The van der Waals surface area contributed by atoms with Gasteiger partial charge in [-0.1, -0.05) is 34.1 Å². The maximum absolute atomic E-state index is 11.7. The quantitative estimate of drug-likeness (QED) is 0.378. The smallest absolute Gasteiger partial charge is 0.306 e. The van der Waals surface area contributed by atoms with Gasteiger partial charge in [-0.25, -0.2) is 0 Å². The first-order valence-corrected chi connectivity index (χ1v) is 9.09. The molecule has 4 nitrogen and oxygen atoms in total. The van der Waals surface area contributed by atoms with Gasteiger partial charge < -0.3 is 9.47 Å². The van der Waals surface area contributed by atoms with Crippen LogP contribution in [0.5, 0.6) is 0 Å². The van der Waals surface area contributed by atoms with Crippen molar-refractivity contribution in [1.29, 1.82) is 0 Å². The Kier molecular flexibility index (Phi) is 11.8. The molecule has 0 aromatic carbocycles. The highest BCUT2D eigenvalue weighted by Gasteiger charge is 2.12. The van der Waals surface area contributed by atoms with Gasteiger partial charge in [-0.15, -0.1) is 0 Å². The molecular formula is C19H36O4. The summed E-state index contributed by atoms with van der Waals surface area (Å²) in [5, 5.41) is 0. The van der Waals surface area contributed by atoms with Crippen LogP contribution >= 0.6 is 0 Å². The molecule has 0 amide bonds. The van der Waals surface area contributed by atoms with Gasteiger partial charge >= 0.3 is 11.9 Å². The van der Waals surface area contributed by atoms with Crippen LogP contribution in [0.3, 0.4) is 0 Å². The molecule has 0 saturated carbocycles. The average molecular weight is 328 g/mol. The summed E-state index contributed by atoms with van der Waals surface area (Å²) in [7, 11) is 0. The predicted octanol–water partition coefficient (Wildman–Crippen LogP) is 4.89. The van der Waals surface area contributed by atoms with Gasteiger partial charge in [0.2, 0.25) is 0 Å². The maximum Gasteiger partial charge on any atom is 0.306 e. The van der Waals surface area contributed by atoms with E-state index >= 15 is 0 Å². The zero-order valence-corrected chi connectivity index (χ0v) is 15.9. The van der Waals surface area contributed by atoms with Gasteiger partial charge in [0.05, 0.1) is 12.2 Å². The summed E-state index contributed by atoms with van der Waals surface area (Å²) < 4.78 is 10.7. The van der Waals surface area contributed by atoms with Gasteiger partial charge in [-0.05, 0) is 51.4 Å². The van der Waals surface area contributed by atoms with Gasteiger partial charge in [0.15, 0.2) is 0 Å². The SMILES string of the molecule is CC(C)CC(C)OC(=O)CCCCCC(=O)OC(C)CC(C)C. The van der Waals surface area contributed by atoms with Crippen LogP contribution < -0.4 is 0 Å². The molecule has 0 rings (SSSR count). The zero-order chi connectivity index (χ0) is 17.8. The molecule has 0 spiro atoms. The molecule has 2 atom stereocenters. The number of ether oxygens (including phenoxy) is 2. The van der Waals surface area contributed by atoms with Crippen LogP contribution in [0.15, 0.2) is 0 Å². The van der Waals surface area contributed by atoms with Crippen molar-refractivity contribution in [1.82, 2.24) is 0 Å². The van der Waals surface area contributed by atoms with Crippen LogP contribution in [-0.4, -0.2) is 24.1 Å². The van der Waals surface area contributed by atoms with E-state index in [9.17, 15) is 9.59 Å². The van der Waals surface area contributed by atoms with Crippen molar-refractivity contribution in [3.8, 4) is 0 Å². The Bertz CT molecular complexity index is 304. The highest BCUT2D eigenvalue weighted by Crippen LogP contribution is 2.12. The second-order valence-corrected chi connectivity index (χ2v) is 7.42. The van der Waals surface area contributed by atoms with E-state index in [1.165, 1.54) is 0 Å². The van der Waals surface area contributed by atoms with Crippen molar-refractivity contribution in [2.75, 3.05) is 0 Å². The molecular weight excluding hydrogens is 292 g/mol. The zero-order valence-electron chi connectivity index (χ0n) is 15.9. The summed E-state index contributed by atoms with van der Waals surface area (Å²) in [4.78, 5) is 23.3. The highest BCUT2D eigenvalue weighted by atomic mass is 16.5. The first kappa shape index (κ1) is 21.9. The van der Waals surface area contributed by atoms with Gasteiger partial charge in [0.25, 0.3) is 0 Å². The number of carbonyl (C=O) groups excluding carboxylic acids is 2. The summed E-state index contributed by atoms with van der Waals surface area (Å²) in [5.74, 6) is 0.793. The Morgan fingerprint density at radius 2 is 1.00 bits per heavy atom. The monoisotopic (exact) mass is 328 g/mol. The van der Waals surface area contributed by atoms with E-state index in [2.05, 4.69) is 27.7 Å². The lowest BCUT2D eigenvalue weighted by Crippen LogP contribution is -2.17. The topological polar surface area (TPSA) is 52.6 Å². The van der Waals surface area contributed by atoms with E-state index in [-0.39, 0.29) is 24.1 Å². The Morgan fingerprint density at radius 1 is 0.652 bits per heavy atom. The number of hydrogen-bond acceptors (Lipinski definition) is 4. The van der Waals surface area contributed by atoms with E-state index in [0.717, 1.165) is 32.1 Å². The van der Waals surface area contributed by atoms with Crippen LogP contribution in [0.25, 0.3) is 0 Å². The fourth-order valence-electron chi connectivity index (χ4n) is 2.71. The van der Waals surface area contributed by atoms with Crippen LogP contribution in [0, 0.1) is 11.8 Å². The molecule has 0 heterocycles. The molecule has 0 aliphatic rings. The molecule has 4 heteroatoms. The number of unbranched alkanes of at least 4 members (excludes halogenated alkanes) is 2. The summed E-state index contributed by atoms with van der Waals surface area (Å²) in [6.45, 7) is 12.3. The summed E-state index contributed by atoms with van der Waals surface area (Å²) in [6.07, 6.45) is 5.01. The van der Waals surface area contributed by atoms with Crippen LogP contribution in [0.4, 0.5) is 0 Å². The molecule has 0 bridgehead atoms. The third-order valence-electron chi connectivity index (χ3n) is 3.53. The van der Waals surface area contributed by atoms with E-state index < -0.39 is 0 Å². The number of carbonyl (C=O) groups is 2. The predicted molar refractivity (Wildman–Crippen MR) is 93.1 cm³/mol. The minimum Gasteiger partial charge on any atom is -0.463 e. The normalized spacial score (nSPS) is 13.9. The van der Waals surface area contributed by atoms with Crippen molar-refractivity contribution >= 4 is 11.9 Å². The molecule has 0 aliphatic carbocycles. The van der Waals surface area contributed by atoms with Crippen molar-refractivity contribution in [2.24, 2.45) is 11.8 Å². The minimum atomic E-state index is -0.133. The summed E-state index contributed by atoms with van der Waals surface area (Å²) in [5.41, 5.74) is 0. The minimum absolute atomic E-state index is 0.0140. The number of hydrogen-bond donors (Lipinski definition) is 0. The third kappa shape index (κ3) is 14.3. The molecule has 2 unspecified atom stereocenters. The molecule has 0 saturated heterocycles. The third-order valence-corrected chi connectivity index (χ3v) is 3.53. The van der Waals surface area contributed by atoms with E-state index in [1.807, 2.05) is 13.8 Å². The van der Waals surface area contributed by atoms with Crippen molar-refractivity contribution in [3.05, 3.63) is 0 Å². The first-order chi connectivity index (χ1) is 10.7. The summed E-state index contributed by atoms with van der Waals surface area (Å²) in [6, 6.07) is 0. The van der Waals surface area contributed by atoms with Gasteiger partial charge in [0.1, 0.15) is 0 Å². The molecule has 0 aliphatic heterocycles. The lowest BCUT2D eigenvalue weighted by molar-refractivity contribution is -0.149. The molecule has 0 aromatic heterocycles. The van der Waals surface area contributed by atoms with E-state index in [1.54, 1.807) is 0 Å². The Balaban J connectivity index is 3.64. The van der Waals surface area contributed by atoms with Gasteiger partial charge in [-0.2, -0.15) is 0 Å². The molecule has 0 N–H and O–H groups in total. The lowest BCUT2D eigenvalue weighted by atomic mass is 10.1. The van der Waals surface area contributed by atoms with E-state index in [4.69, 9.17) is 9.47 Å².